The summed E-state index contributed by atoms with van der Waals surface area (Å²) < 4.78 is 19.6. The van der Waals surface area contributed by atoms with Crippen LogP contribution in [0.1, 0.15) is 42.1 Å². The van der Waals surface area contributed by atoms with Gasteiger partial charge in [-0.25, -0.2) is 9.97 Å². The van der Waals surface area contributed by atoms with Gasteiger partial charge in [-0.1, -0.05) is 6.07 Å². The van der Waals surface area contributed by atoms with Crippen LogP contribution in [0.5, 0.6) is 5.75 Å². The van der Waals surface area contributed by atoms with Gasteiger partial charge in [-0.05, 0) is 31.4 Å². The molecular formula is C26H28N6O5. The van der Waals surface area contributed by atoms with E-state index in [0.717, 1.165) is 36.9 Å². The molecule has 6 rings (SSSR count). The number of pyridine rings is 1. The Labute approximate surface area is 213 Å². The second kappa shape index (κ2) is 9.16. The van der Waals surface area contributed by atoms with Crippen molar-refractivity contribution in [1.82, 2.24) is 14.5 Å². The minimum absolute atomic E-state index is 0.0206. The van der Waals surface area contributed by atoms with Crippen molar-refractivity contribution in [3.8, 4) is 17.0 Å². The van der Waals surface area contributed by atoms with Crippen LogP contribution in [-0.4, -0.2) is 52.5 Å². The molecule has 1 aliphatic heterocycles. The normalized spacial score (nSPS) is 19.9. The van der Waals surface area contributed by atoms with Crippen molar-refractivity contribution in [3.05, 3.63) is 48.5 Å². The zero-order chi connectivity index (χ0) is 25.6. The summed E-state index contributed by atoms with van der Waals surface area (Å²) in [6.07, 6.45) is 8.67. The van der Waals surface area contributed by atoms with E-state index in [1.807, 2.05) is 29.0 Å². The number of nitrogens with one attached hydrogen (secondary N) is 2. The molecule has 3 heterocycles. The number of carbonyl (C=O) groups excluding carboxylic acids is 2. The van der Waals surface area contributed by atoms with Crippen LogP contribution < -0.4 is 21.1 Å². The largest absolute Gasteiger partial charge is 0.494 e. The molecule has 3 aromatic rings. The number of benzene rings is 1. The van der Waals surface area contributed by atoms with Crippen molar-refractivity contribution in [1.29, 1.82) is 0 Å². The Kier molecular flexibility index (Phi) is 5.81. The zero-order valence-corrected chi connectivity index (χ0v) is 20.4. The molecule has 3 fully saturated rings. The highest BCUT2D eigenvalue weighted by Gasteiger charge is 2.53. The predicted octanol–water partition coefficient (Wildman–Crippen LogP) is 3.22. The van der Waals surface area contributed by atoms with Crippen LogP contribution in [0.25, 0.3) is 11.3 Å². The van der Waals surface area contributed by atoms with Crippen LogP contribution in [0.2, 0.25) is 0 Å². The van der Waals surface area contributed by atoms with E-state index in [9.17, 15) is 9.59 Å². The average molecular weight is 505 g/mol. The lowest BCUT2D eigenvalue weighted by Gasteiger charge is -2.44. The third-order valence-electron chi connectivity index (χ3n) is 7.14. The van der Waals surface area contributed by atoms with Gasteiger partial charge in [0, 0.05) is 36.4 Å². The Morgan fingerprint density at radius 3 is 2.65 bits per heavy atom. The summed E-state index contributed by atoms with van der Waals surface area (Å²) in [6.45, 7) is 1.21. The first-order valence-electron chi connectivity index (χ1n) is 12.3. The third kappa shape index (κ3) is 4.30. The minimum atomic E-state index is -0.644. The van der Waals surface area contributed by atoms with Crippen molar-refractivity contribution >= 4 is 29.0 Å². The zero-order valence-electron chi connectivity index (χ0n) is 20.4. The van der Waals surface area contributed by atoms with Gasteiger partial charge in [0.2, 0.25) is 5.91 Å². The third-order valence-corrected chi connectivity index (χ3v) is 7.14. The van der Waals surface area contributed by atoms with E-state index < -0.39 is 11.7 Å². The smallest absolute Gasteiger partial charge is 0.252 e. The second-order valence-corrected chi connectivity index (χ2v) is 9.52. The Balaban J connectivity index is 1.29. The number of ether oxygens (including phenoxy) is 3. The number of hydrogen-bond acceptors (Lipinski definition) is 8. The number of rotatable bonds is 8. The quantitative estimate of drug-likeness (QED) is 0.424. The first kappa shape index (κ1) is 23.4. The van der Waals surface area contributed by atoms with Crippen LogP contribution >= 0.6 is 0 Å². The fourth-order valence-corrected chi connectivity index (χ4v) is 4.94. The van der Waals surface area contributed by atoms with Crippen molar-refractivity contribution in [3.63, 3.8) is 0 Å². The fourth-order valence-electron chi connectivity index (χ4n) is 4.94. The molecule has 192 valence electrons. The molecule has 1 saturated heterocycles. The van der Waals surface area contributed by atoms with Crippen molar-refractivity contribution in [2.75, 3.05) is 31.0 Å². The number of hydrogen-bond donors (Lipinski definition) is 3. The summed E-state index contributed by atoms with van der Waals surface area (Å²) in [5, 5.41) is 6.04. The number of methoxy groups -OCH3 is 1. The van der Waals surface area contributed by atoms with Crippen LogP contribution in [0.15, 0.2) is 43.0 Å². The number of amides is 2. The summed E-state index contributed by atoms with van der Waals surface area (Å²) in [5.74, 6) is -0.377. The van der Waals surface area contributed by atoms with Gasteiger partial charge < -0.3 is 35.1 Å². The van der Waals surface area contributed by atoms with Gasteiger partial charge in [0.15, 0.2) is 11.5 Å². The maximum Gasteiger partial charge on any atom is 0.252 e. The number of para-hydroxylation sites is 1. The summed E-state index contributed by atoms with van der Waals surface area (Å²) in [5.41, 5.74) is 8.28. The number of anilines is 3. The van der Waals surface area contributed by atoms with Crippen LogP contribution in [-0.2, 0) is 14.3 Å². The lowest BCUT2D eigenvalue weighted by molar-refractivity contribution is -0.240. The van der Waals surface area contributed by atoms with Crippen LogP contribution in [0.4, 0.5) is 17.2 Å². The molecule has 0 bridgehead atoms. The number of nitrogens with zero attached hydrogens (tertiary/aromatic N) is 3. The number of aromatic nitrogens is 3. The Bertz CT molecular complexity index is 1360. The molecular weight excluding hydrogens is 476 g/mol. The number of carbonyl (C=O) groups is 2. The molecule has 2 saturated carbocycles. The van der Waals surface area contributed by atoms with Gasteiger partial charge in [0.1, 0.15) is 5.82 Å². The molecule has 0 radical (unpaired) electrons. The molecule has 2 aromatic heterocycles. The average Bonchev–Trinajstić information content (AvgIpc) is 3.40. The standard InChI is InChI=1S/C26H28N6O5/c1-35-23-16(20-13-32(14-29-20)21-7-8-26(21)36-9-10-37-26)3-2-4-18(23)30-19-11-22(28-12-17(19)24(27)33)31-25(34)15-5-6-15/h2-4,11-15,21H,5-10H2,1H3,(H2,27,33)(H2,28,30,31,34)/t21-/m0/s1. The lowest BCUT2D eigenvalue weighted by atomic mass is 9.84. The highest BCUT2D eigenvalue weighted by Crippen LogP contribution is 2.49. The number of primary amides is 1. The maximum absolute atomic E-state index is 12.2. The Morgan fingerprint density at radius 1 is 1.16 bits per heavy atom. The molecule has 11 nitrogen and oxygen atoms in total. The minimum Gasteiger partial charge on any atom is -0.494 e. The predicted molar refractivity (Wildman–Crippen MR) is 135 cm³/mol. The van der Waals surface area contributed by atoms with E-state index in [1.54, 1.807) is 19.5 Å². The molecule has 3 aliphatic rings. The van der Waals surface area contributed by atoms with E-state index in [2.05, 4.69) is 20.6 Å². The van der Waals surface area contributed by atoms with Gasteiger partial charge >= 0.3 is 0 Å². The van der Waals surface area contributed by atoms with Crippen LogP contribution in [0, 0.1) is 5.92 Å². The molecule has 1 atom stereocenters. The van der Waals surface area contributed by atoms with Crippen molar-refractivity contribution < 1.29 is 23.8 Å². The van der Waals surface area contributed by atoms with Crippen molar-refractivity contribution in [2.45, 2.75) is 37.5 Å². The van der Waals surface area contributed by atoms with Gasteiger partial charge in [-0.3, -0.25) is 9.59 Å². The first-order chi connectivity index (χ1) is 18.0. The first-order valence-corrected chi connectivity index (χ1v) is 12.3. The Morgan fingerprint density at radius 2 is 1.97 bits per heavy atom. The van der Waals surface area contributed by atoms with E-state index >= 15 is 0 Å². The molecule has 1 aromatic carbocycles. The van der Waals surface area contributed by atoms with E-state index in [1.165, 1.54) is 6.20 Å². The molecule has 2 amide bonds. The Hall–Kier alpha value is -3.96. The second-order valence-electron chi connectivity index (χ2n) is 9.52. The molecule has 0 unspecified atom stereocenters. The molecule has 37 heavy (non-hydrogen) atoms. The van der Waals surface area contributed by atoms with Gasteiger partial charge in [0.05, 0.1) is 55.3 Å². The monoisotopic (exact) mass is 504 g/mol. The van der Waals surface area contributed by atoms with E-state index in [4.69, 9.17) is 19.9 Å². The van der Waals surface area contributed by atoms with Gasteiger partial charge in [0.25, 0.3) is 5.91 Å². The van der Waals surface area contributed by atoms with Gasteiger partial charge in [-0.2, -0.15) is 0 Å². The number of nitrogens with two attached hydrogens (primary N) is 1. The highest BCUT2D eigenvalue weighted by atomic mass is 16.7. The van der Waals surface area contributed by atoms with E-state index in [-0.39, 0.29) is 23.4 Å². The summed E-state index contributed by atoms with van der Waals surface area (Å²) in [7, 11) is 1.57. The topological polar surface area (TPSA) is 143 Å². The lowest BCUT2D eigenvalue weighted by Crippen LogP contribution is -2.48. The van der Waals surface area contributed by atoms with Crippen molar-refractivity contribution in [2.24, 2.45) is 11.7 Å². The molecule has 1 spiro atoms. The van der Waals surface area contributed by atoms with Crippen LogP contribution in [0.3, 0.4) is 0 Å². The summed E-state index contributed by atoms with van der Waals surface area (Å²) in [6, 6.07) is 7.28. The highest BCUT2D eigenvalue weighted by molar-refractivity contribution is 6.01. The molecule has 11 heteroatoms. The van der Waals surface area contributed by atoms with Gasteiger partial charge in [-0.15, -0.1) is 0 Å². The SMILES string of the molecule is COc1c(Nc2cc(NC(=O)C3CC3)ncc2C(N)=O)cccc1-c1cn([C@H]2CCC23OCCO3)cn1. The summed E-state index contributed by atoms with van der Waals surface area (Å²) >= 11 is 0. The maximum atomic E-state index is 12.2. The summed E-state index contributed by atoms with van der Waals surface area (Å²) in [4.78, 5) is 33.1. The molecule has 2 aliphatic carbocycles. The van der Waals surface area contributed by atoms with E-state index in [0.29, 0.717) is 36.2 Å². The fraction of sp³-hybridized carbons (Fsp3) is 0.385. The number of imidazole rings is 1. The molecule has 4 N–H and O–H groups in total.